The summed E-state index contributed by atoms with van der Waals surface area (Å²) in [6.07, 6.45) is 4.70. The molecule has 2 heterocycles. The number of benzene rings is 1. The predicted octanol–water partition coefficient (Wildman–Crippen LogP) is 5.24. The van der Waals surface area contributed by atoms with Crippen molar-refractivity contribution < 1.29 is 14.6 Å². The zero-order chi connectivity index (χ0) is 24.5. The van der Waals surface area contributed by atoms with E-state index in [1.165, 1.54) is 10.4 Å². The first-order valence-corrected chi connectivity index (χ1v) is 13.3. The first kappa shape index (κ1) is 26.5. The quantitative estimate of drug-likeness (QED) is 0.395. The van der Waals surface area contributed by atoms with Crippen molar-refractivity contribution >= 4 is 17.2 Å². The lowest BCUT2D eigenvalue weighted by Gasteiger charge is -2.37. The average Bonchev–Trinajstić information content (AvgIpc) is 3.28. The number of aliphatic hydroxyl groups excluding tert-OH is 1. The first-order chi connectivity index (χ1) is 16.4. The molecule has 0 spiro atoms. The van der Waals surface area contributed by atoms with E-state index in [1.807, 2.05) is 29.2 Å². The fourth-order valence-corrected chi connectivity index (χ4v) is 5.34. The smallest absolute Gasteiger partial charge is 0.237 e. The van der Waals surface area contributed by atoms with Gasteiger partial charge in [-0.25, -0.2) is 0 Å². The van der Waals surface area contributed by atoms with Gasteiger partial charge in [-0.1, -0.05) is 32.1 Å². The summed E-state index contributed by atoms with van der Waals surface area (Å²) in [7, 11) is 0. The van der Waals surface area contributed by atoms with Crippen molar-refractivity contribution in [3.05, 3.63) is 64.4 Å². The lowest BCUT2D eigenvalue weighted by Crippen LogP contribution is -2.48. The molecule has 0 saturated carbocycles. The number of nitrogens with zero attached hydrogens (tertiary/aromatic N) is 2. The summed E-state index contributed by atoms with van der Waals surface area (Å²) in [5.41, 5.74) is 2.36. The van der Waals surface area contributed by atoms with E-state index < -0.39 is 6.10 Å². The number of carbonyl (C=O) groups is 1. The van der Waals surface area contributed by atoms with Crippen LogP contribution in [0, 0.1) is 12.8 Å². The number of rotatable bonds is 13. The molecular weight excluding hydrogens is 444 g/mol. The molecule has 0 aliphatic carbocycles. The van der Waals surface area contributed by atoms with Gasteiger partial charge < -0.3 is 14.7 Å². The molecule has 186 valence electrons. The fourth-order valence-electron chi connectivity index (χ4n) is 4.41. The summed E-state index contributed by atoms with van der Waals surface area (Å²) in [6.45, 7) is 12.9. The molecule has 1 amide bonds. The van der Waals surface area contributed by atoms with Gasteiger partial charge in [-0.3, -0.25) is 9.69 Å². The van der Waals surface area contributed by atoms with Crippen LogP contribution in [0.5, 0.6) is 5.75 Å². The van der Waals surface area contributed by atoms with Crippen LogP contribution in [0.1, 0.15) is 55.2 Å². The van der Waals surface area contributed by atoms with Crippen molar-refractivity contribution in [3.8, 4) is 5.75 Å². The zero-order valence-electron chi connectivity index (χ0n) is 20.9. The summed E-state index contributed by atoms with van der Waals surface area (Å²) in [5, 5.41) is 12.6. The summed E-state index contributed by atoms with van der Waals surface area (Å²) >= 11 is 1.76. The molecule has 0 saturated heterocycles. The van der Waals surface area contributed by atoms with Crippen molar-refractivity contribution in [2.45, 2.75) is 58.6 Å². The third-order valence-electron chi connectivity index (χ3n) is 6.37. The predicted molar refractivity (Wildman–Crippen MR) is 140 cm³/mol. The highest BCUT2D eigenvalue weighted by atomic mass is 32.1. The Bertz CT molecular complexity index is 926. The Morgan fingerprint density at radius 2 is 2.18 bits per heavy atom. The normalized spacial score (nSPS) is 16.5. The van der Waals surface area contributed by atoms with Gasteiger partial charge in [-0.2, -0.15) is 0 Å². The Morgan fingerprint density at radius 3 is 2.91 bits per heavy atom. The van der Waals surface area contributed by atoms with Gasteiger partial charge in [-0.05, 0) is 79.8 Å². The van der Waals surface area contributed by atoms with Crippen LogP contribution in [0.25, 0.3) is 0 Å². The molecular formula is C28H40N2O3S. The van der Waals surface area contributed by atoms with E-state index in [0.717, 1.165) is 37.1 Å². The first-order valence-electron chi connectivity index (χ1n) is 12.4. The van der Waals surface area contributed by atoms with Crippen molar-refractivity contribution in [1.29, 1.82) is 0 Å². The highest BCUT2D eigenvalue weighted by Crippen LogP contribution is 2.34. The standard InChI is InChI=1S/C28H40N2O3S/c1-5-6-9-23(31)18-29(14-11-21(2)3)19-28(32)30-15-12-27-25(13-16-34-27)26(30)20-33-24-10-7-8-22(4)17-24/h5,7-8,10,13,16-17,21,23,26,31H,1,6,9,11-12,14-15,18-20H2,2-4H3/t23-,26-/m1/s1. The number of amides is 1. The molecule has 0 fully saturated rings. The molecule has 1 aromatic carbocycles. The highest BCUT2D eigenvalue weighted by Gasteiger charge is 2.33. The third-order valence-corrected chi connectivity index (χ3v) is 7.36. The largest absolute Gasteiger partial charge is 0.491 e. The molecule has 2 atom stereocenters. The van der Waals surface area contributed by atoms with Crippen molar-refractivity contribution in [2.75, 3.05) is 32.8 Å². The number of hydrogen-bond donors (Lipinski definition) is 1. The van der Waals surface area contributed by atoms with Crippen molar-refractivity contribution in [2.24, 2.45) is 5.92 Å². The second-order valence-corrected chi connectivity index (χ2v) is 10.7. The SMILES string of the molecule is C=CCC[C@@H](O)CN(CCC(C)C)CC(=O)N1CCc2sccc2[C@H]1COc1cccc(C)c1. The molecule has 3 rings (SSSR count). The number of ether oxygens (including phenoxy) is 1. The zero-order valence-corrected chi connectivity index (χ0v) is 21.7. The monoisotopic (exact) mass is 484 g/mol. The summed E-state index contributed by atoms with van der Waals surface area (Å²) in [4.78, 5) is 19.0. The lowest BCUT2D eigenvalue weighted by molar-refractivity contribution is -0.136. The number of fused-ring (bicyclic) bond motifs is 1. The number of hydrogen-bond acceptors (Lipinski definition) is 5. The van der Waals surface area contributed by atoms with Gasteiger partial charge in [0.1, 0.15) is 12.4 Å². The Labute approximate surface area is 209 Å². The molecule has 6 heteroatoms. The third kappa shape index (κ3) is 7.69. The minimum absolute atomic E-state index is 0.0966. The van der Waals surface area contributed by atoms with Gasteiger partial charge in [0.25, 0.3) is 0 Å². The van der Waals surface area contributed by atoms with Crippen LogP contribution in [0.4, 0.5) is 0 Å². The number of aryl methyl sites for hydroxylation is 1. The number of aliphatic hydroxyl groups is 1. The van der Waals surface area contributed by atoms with Crippen molar-refractivity contribution in [1.82, 2.24) is 9.80 Å². The Balaban J connectivity index is 1.71. The Kier molecular flexibility index (Phi) is 10.2. The number of carbonyl (C=O) groups excluding carboxylic acids is 1. The topological polar surface area (TPSA) is 53.0 Å². The molecule has 1 aliphatic rings. The van der Waals surface area contributed by atoms with Gasteiger partial charge in [-0.15, -0.1) is 17.9 Å². The molecule has 5 nitrogen and oxygen atoms in total. The summed E-state index contributed by atoms with van der Waals surface area (Å²) in [5.74, 6) is 1.48. The van der Waals surface area contributed by atoms with E-state index in [1.54, 1.807) is 11.3 Å². The average molecular weight is 485 g/mol. The highest BCUT2D eigenvalue weighted by molar-refractivity contribution is 7.10. The second kappa shape index (κ2) is 13.1. The van der Waals surface area contributed by atoms with E-state index in [4.69, 9.17) is 4.74 Å². The molecule has 1 aromatic heterocycles. The van der Waals surface area contributed by atoms with E-state index >= 15 is 0 Å². The Morgan fingerprint density at radius 1 is 1.35 bits per heavy atom. The fraction of sp³-hybridized carbons (Fsp3) is 0.536. The lowest BCUT2D eigenvalue weighted by atomic mass is 10.00. The van der Waals surface area contributed by atoms with Crippen LogP contribution in [0.3, 0.4) is 0 Å². The van der Waals surface area contributed by atoms with Crippen molar-refractivity contribution in [3.63, 3.8) is 0 Å². The molecule has 1 N–H and O–H groups in total. The molecule has 0 bridgehead atoms. The van der Waals surface area contributed by atoms with Crippen LogP contribution >= 0.6 is 11.3 Å². The van der Waals surface area contributed by atoms with Gasteiger partial charge in [0.2, 0.25) is 5.91 Å². The van der Waals surface area contributed by atoms with E-state index in [-0.39, 0.29) is 11.9 Å². The maximum atomic E-state index is 13.6. The maximum Gasteiger partial charge on any atom is 0.237 e. The van der Waals surface area contributed by atoms with Crippen LogP contribution in [-0.4, -0.2) is 59.7 Å². The van der Waals surface area contributed by atoms with Crippen LogP contribution < -0.4 is 4.74 Å². The van der Waals surface area contributed by atoms with E-state index in [9.17, 15) is 9.90 Å². The summed E-state index contributed by atoms with van der Waals surface area (Å²) < 4.78 is 6.17. The number of allylic oxidation sites excluding steroid dienone is 1. The van der Waals surface area contributed by atoms with Crippen LogP contribution in [0.2, 0.25) is 0 Å². The molecule has 0 unspecified atom stereocenters. The van der Waals surface area contributed by atoms with E-state index in [2.05, 4.69) is 49.8 Å². The van der Waals surface area contributed by atoms with E-state index in [0.29, 0.717) is 38.6 Å². The van der Waals surface area contributed by atoms with Gasteiger partial charge in [0, 0.05) is 18.0 Å². The second-order valence-electron chi connectivity index (χ2n) is 9.72. The van der Waals surface area contributed by atoms with Gasteiger partial charge >= 0.3 is 0 Å². The molecule has 0 radical (unpaired) electrons. The summed E-state index contributed by atoms with van der Waals surface area (Å²) in [6, 6.07) is 10.1. The Hall–Kier alpha value is -2.15. The maximum absolute atomic E-state index is 13.6. The molecule has 2 aromatic rings. The molecule has 34 heavy (non-hydrogen) atoms. The van der Waals surface area contributed by atoms with Crippen LogP contribution in [-0.2, 0) is 11.2 Å². The van der Waals surface area contributed by atoms with Crippen LogP contribution in [0.15, 0.2) is 48.4 Å². The van der Waals surface area contributed by atoms with Gasteiger partial charge in [0.05, 0.1) is 18.7 Å². The minimum atomic E-state index is -0.455. The number of thiophene rings is 1. The van der Waals surface area contributed by atoms with Gasteiger partial charge in [0.15, 0.2) is 0 Å². The minimum Gasteiger partial charge on any atom is -0.491 e. The molecule has 1 aliphatic heterocycles.